The Morgan fingerprint density at radius 1 is 0.920 bits per heavy atom. The Balaban J connectivity index is 1.61. The van der Waals surface area contributed by atoms with Crippen LogP contribution in [0.5, 0.6) is 0 Å². The molecule has 25 heavy (non-hydrogen) atoms. The topological polar surface area (TPSA) is 85.1 Å². The Kier molecular flexibility index (Phi) is 4.96. The molecule has 7 heteroatoms. The smallest absolute Gasteiger partial charge is 0.247 e. The van der Waals surface area contributed by atoms with E-state index in [2.05, 4.69) is 14.9 Å². The molecule has 0 aliphatic carbocycles. The van der Waals surface area contributed by atoms with Crippen LogP contribution < -0.4 is 4.72 Å². The summed E-state index contributed by atoms with van der Waals surface area (Å²) < 4.78 is 32.6. The van der Waals surface area contributed by atoms with Crippen LogP contribution in [0, 0.1) is 13.8 Å². The van der Waals surface area contributed by atoms with E-state index in [1.54, 1.807) is 24.3 Å². The maximum absolute atomic E-state index is 12.2. The predicted molar refractivity (Wildman–Crippen MR) is 94.5 cm³/mol. The molecule has 6 nitrogen and oxygen atoms in total. The largest absolute Gasteiger partial charge is 0.421 e. The summed E-state index contributed by atoms with van der Waals surface area (Å²) in [5, 5.41) is 7.97. The van der Waals surface area contributed by atoms with Crippen molar-refractivity contribution in [3.8, 4) is 11.5 Å². The maximum atomic E-state index is 12.2. The van der Waals surface area contributed by atoms with E-state index in [4.69, 9.17) is 4.42 Å². The molecule has 1 aromatic heterocycles. The average Bonchev–Trinajstić information content (AvgIpc) is 3.04. The van der Waals surface area contributed by atoms with Crippen LogP contribution in [0.1, 0.15) is 17.0 Å². The second-order valence-corrected chi connectivity index (χ2v) is 7.59. The summed E-state index contributed by atoms with van der Waals surface area (Å²) in [6.45, 7) is 4.10. The molecule has 0 saturated carbocycles. The minimum absolute atomic E-state index is 0.186. The van der Waals surface area contributed by atoms with E-state index in [9.17, 15) is 8.42 Å². The second kappa shape index (κ2) is 7.16. The summed E-state index contributed by atoms with van der Waals surface area (Å²) in [5.74, 6) is 0.818. The van der Waals surface area contributed by atoms with Crippen molar-refractivity contribution in [1.29, 1.82) is 0 Å². The van der Waals surface area contributed by atoms with Gasteiger partial charge in [0.25, 0.3) is 0 Å². The van der Waals surface area contributed by atoms with Crippen molar-refractivity contribution in [2.45, 2.75) is 25.2 Å². The molecule has 0 unspecified atom stereocenters. The van der Waals surface area contributed by atoms with Crippen molar-refractivity contribution in [3.63, 3.8) is 0 Å². The lowest BCUT2D eigenvalue weighted by atomic mass is 10.1. The number of aromatic nitrogens is 2. The molecule has 1 heterocycles. The molecular formula is C18H19N3O3S. The van der Waals surface area contributed by atoms with Crippen molar-refractivity contribution in [3.05, 3.63) is 65.5 Å². The number of sulfonamides is 1. The Hall–Kier alpha value is -2.51. The number of nitrogens with one attached hydrogen (secondary N) is 1. The average molecular weight is 357 g/mol. The molecule has 0 radical (unpaired) electrons. The Morgan fingerprint density at radius 2 is 1.52 bits per heavy atom. The minimum Gasteiger partial charge on any atom is -0.421 e. The van der Waals surface area contributed by atoms with Crippen LogP contribution in [0.25, 0.3) is 11.5 Å². The van der Waals surface area contributed by atoms with E-state index in [1.807, 2.05) is 38.1 Å². The normalized spacial score (nSPS) is 11.6. The molecule has 3 rings (SSSR count). The first-order valence-electron chi connectivity index (χ1n) is 7.90. The highest BCUT2D eigenvalue weighted by atomic mass is 32.2. The van der Waals surface area contributed by atoms with Gasteiger partial charge in [-0.15, -0.1) is 10.2 Å². The van der Waals surface area contributed by atoms with Crippen LogP contribution in [-0.4, -0.2) is 25.2 Å². The van der Waals surface area contributed by atoms with Crippen molar-refractivity contribution in [1.82, 2.24) is 14.9 Å². The lowest BCUT2D eigenvalue weighted by Gasteiger charge is -2.05. The number of aryl methyl sites for hydroxylation is 2. The molecule has 0 atom stereocenters. The minimum atomic E-state index is -3.54. The van der Waals surface area contributed by atoms with Crippen LogP contribution in [0.4, 0.5) is 0 Å². The zero-order valence-corrected chi connectivity index (χ0v) is 14.9. The Bertz CT molecular complexity index is 946. The zero-order valence-electron chi connectivity index (χ0n) is 14.1. The molecular weight excluding hydrogens is 338 g/mol. The van der Waals surface area contributed by atoms with Gasteiger partial charge in [-0.2, -0.15) is 0 Å². The molecule has 0 bridgehead atoms. The van der Waals surface area contributed by atoms with Crippen molar-refractivity contribution in [2.24, 2.45) is 0 Å². The van der Waals surface area contributed by atoms with Crippen molar-refractivity contribution in [2.75, 3.05) is 6.54 Å². The van der Waals surface area contributed by atoms with Gasteiger partial charge in [0.15, 0.2) is 0 Å². The fourth-order valence-electron chi connectivity index (χ4n) is 2.26. The second-order valence-electron chi connectivity index (χ2n) is 5.83. The third-order valence-electron chi connectivity index (χ3n) is 3.73. The SMILES string of the molecule is Cc1ccc(-c2nnc(CCNS(=O)(=O)c3ccc(C)cc3)o2)cc1. The van der Waals surface area contributed by atoms with Gasteiger partial charge >= 0.3 is 0 Å². The maximum Gasteiger partial charge on any atom is 0.247 e. The molecule has 1 N–H and O–H groups in total. The third-order valence-corrected chi connectivity index (χ3v) is 5.20. The number of benzene rings is 2. The van der Waals surface area contributed by atoms with Crippen LogP contribution in [0.3, 0.4) is 0 Å². The number of rotatable bonds is 6. The molecule has 0 spiro atoms. The summed E-state index contributed by atoms with van der Waals surface area (Å²) in [6, 6.07) is 14.4. The monoisotopic (exact) mass is 357 g/mol. The molecule has 0 fully saturated rings. The highest BCUT2D eigenvalue weighted by Crippen LogP contribution is 2.18. The van der Waals surface area contributed by atoms with Gasteiger partial charge in [0.1, 0.15) is 0 Å². The molecule has 3 aromatic rings. The lowest BCUT2D eigenvalue weighted by Crippen LogP contribution is -2.26. The molecule has 0 aliphatic heterocycles. The highest BCUT2D eigenvalue weighted by molar-refractivity contribution is 7.89. The first-order chi connectivity index (χ1) is 11.9. The predicted octanol–water partition coefficient (Wildman–Crippen LogP) is 2.87. The summed E-state index contributed by atoms with van der Waals surface area (Å²) in [6.07, 6.45) is 0.323. The van der Waals surface area contributed by atoms with Gasteiger partial charge in [0, 0.05) is 18.5 Å². The fraction of sp³-hybridized carbons (Fsp3) is 0.222. The van der Waals surface area contributed by atoms with E-state index >= 15 is 0 Å². The third kappa shape index (κ3) is 4.32. The standard InChI is InChI=1S/C18H19N3O3S/c1-13-3-7-15(8-4-13)18-21-20-17(24-18)11-12-19-25(22,23)16-9-5-14(2)6-10-16/h3-10,19H,11-12H2,1-2H3. The van der Waals surface area contributed by atoms with E-state index in [0.29, 0.717) is 18.2 Å². The number of hydrogen-bond donors (Lipinski definition) is 1. The lowest BCUT2D eigenvalue weighted by molar-refractivity contribution is 0.502. The van der Waals surface area contributed by atoms with Gasteiger partial charge in [0.05, 0.1) is 4.90 Å². The van der Waals surface area contributed by atoms with Crippen LogP contribution in [-0.2, 0) is 16.4 Å². The first-order valence-corrected chi connectivity index (χ1v) is 9.38. The van der Waals surface area contributed by atoms with E-state index in [0.717, 1.165) is 16.7 Å². The summed E-state index contributed by atoms with van der Waals surface area (Å²) in [7, 11) is -3.54. The molecule has 0 saturated heterocycles. The van der Waals surface area contributed by atoms with Gasteiger partial charge in [0.2, 0.25) is 21.8 Å². The van der Waals surface area contributed by atoms with Gasteiger partial charge in [-0.1, -0.05) is 35.4 Å². The van der Waals surface area contributed by atoms with Crippen molar-refractivity contribution >= 4 is 10.0 Å². The van der Waals surface area contributed by atoms with Crippen LogP contribution in [0.2, 0.25) is 0 Å². The highest BCUT2D eigenvalue weighted by Gasteiger charge is 2.14. The Morgan fingerprint density at radius 3 is 2.16 bits per heavy atom. The van der Waals surface area contributed by atoms with Gasteiger partial charge in [-0.3, -0.25) is 0 Å². The first kappa shape index (κ1) is 17.3. The molecule has 0 amide bonds. The zero-order chi connectivity index (χ0) is 17.9. The fourth-order valence-corrected chi connectivity index (χ4v) is 3.29. The van der Waals surface area contributed by atoms with E-state index in [-0.39, 0.29) is 11.4 Å². The number of nitrogens with zero attached hydrogens (tertiary/aromatic N) is 2. The van der Waals surface area contributed by atoms with Gasteiger partial charge in [-0.05, 0) is 38.1 Å². The van der Waals surface area contributed by atoms with E-state index in [1.165, 1.54) is 0 Å². The quantitative estimate of drug-likeness (QED) is 0.733. The van der Waals surface area contributed by atoms with Crippen LogP contribution >= 0.6 is 0 Å². The number of hydrogen-bond acceptors (Lipinski definition) is 5. The van der Waals surface area contributed by atoms with Gasteiger partial charge in [-0.25, -0.2) is 13.1 Å². The van der Waals surface area contributed by atoms with E-state index < -0.39 is 10.0 Å². The summed E-state index contributed by atoms with van der Waals surface area (Å²) in [5.41, 5.74) is 2.99. The van der Waals surface area contributed by atoms with Gasteiger partial charge < -0.3 is 4.42 Å². The summed E-state index contributed by atoms with van der Waals surface area (Å²) >= 11 is 0. The molecule has 0 aliphatic rings. The molecule has 130 valence electrons. The molecule has 2 aromatic carbocycles. The Labute approximate surface area is 147 Å². The van der Waals surface area contributed by atoms with Crippen molar-refractivity contribution < 1.29 is 12.8 Å². The summed E-state index contributed by atoms with van der Waals surface area (Å²) in [4.78, 5) is 0.240. The van der Waals surface area contributed by atoms with Crippen LogP contribution in [0.15, 0.2) is 57.8 Å².